The van der Waals surface area contributed by atoms with Gasteiger partial charge in [0, 0.05) is 25.0 Å². The highest BCUT2D eigenvalue weighted by molar-refractivity contribution is 5.88. The van der Waals surface area contributed by atoms with Crippen molar-refractivity contribution < 1.29 is 29.3 Å². The van der Waals surface area contributed by atoms with Crippen LogP contribution in [0.1, 0.15) is 85.3 Å². The zero-order valence-electron chi connectivity index (χ0n) is 23.4. The lowest BCUT2D eigenvalue weighted by Gasteiger charge is -2.36. The van der Waals surface area contributed by atoms with Crippen molar-refractivity contribution in [3.05, 3.63) is 35.7 Å². The Morgan fingerprint density at radius 1 is 1.26 bits per heavy atom. The summed E-state index contributed by atoms with van der Waals surface area (Å²) in [7, 11) is 0. The largest absolute Gasteiger partial charge is 0.458 e. The van der Waals surface area contributed by atoms with Gasteiger partial charge >= 0.3 is 5.97 Å². The normalized spacial score (nSPS) is 35.1. The van der Waals surface area contributed by atoms with Gasteiger partial charge in [-0.05, 0) is 62.8 Å². The number of aromatic nitrogens is 1. The second-order valence-corrected chi connectivity index (χ2v) is 11.8. The number of epoxide rings is 1. The summed E-state index contributed by atoms with van der Waals surface area (Å²) in [6.07, 6.45) is 9.40. The van der Waals surface area contributed by atoms with Crippen molar-refractivity contribution in [1.82, 2.24) is 4.98 Å². The van der Waals surface area contributed by atoms with Crippen LogP contribution in [0.4, 0.5) is 0 Å². The maximum atomic E-state index is 13.6. The van der Waals surface area contributed by atoms with E-state index in [0.717, 1.165) is 30.5 Å². The molecule has 1 aromatic rings. The Bertz CT molecular complexity index is 1040. The van der Waals surface area contributed by atoms with Crippen LogP contribution in [-0.4, -0.2) is 57.0 Å². The number of esters is 1. The number of terminal acetylenes is 1. The molecule has 0 spiro atoms. The van der Waals surface area contributed by atoms with Gasteiger partial charge in [0.15, 0.2) is 0 Å². The number of rotatable bonds is 4. The van der Waals surface area contributed by atoms with Gasteiger partial charge < -0.3 is 19.7 Å². The molecule has 2 aliphatic rings. The summed E-state index contributed by atoms with van der Waals surface area (Å²) in [4.78, 5) is 31.1. The number of ketones is 1. The molecule has 38 heavy (non-hydrogen) atoms. The summed E-state index contributed by atoms with van der Waals surface area (Å²) in [6.45, 7) is 9.13. The topological polar surface area (TPSA) is 109 Å². The minimum Gasteiger partial charge on any atom is -0.458 e. The van der Waals surface area contributed by atoms with Gasteiger partial charge in [0.05, 0.1) is 41.4 Å². The van der Waals surface area contributed by atoms with Gasteiger partial charge in [0.1, 0.15) is 11.9 Å². The third kappa shape index (κ3) is 7.31. The number of cyclic esters (lactones) is 1. The van der Waals surface area contributed by atoms with Crippen LogP contribution in [0.3, 0.4) is 0 Å². The molecule has 208 valence electrons. The van der Waals surface area contributed by atoms with E-state index in [4.69, 9.17) is 15.9 Å². The van der Waals surface area contributed by atoms with E-state index in [1.54, 1.807) is 20.0 Å². The molecule has 2 unspecified atom stereocenters. The summed E-state index contributed by atoms with van der Waals surface area (Å²) in [6, 6.07) is 5.61. The number of aliphatic hydroxyl groups excluding tert-OH is 2. The number of carbonyl (C=O) groups excluding carboxylic acids is 2. The molecule has 3 heterocycles. The Morgan fingerprint density at radius 3 is 2.66 bits per heavy atom. The Kier molecular flexibility index (Phi) is 9.91. The summed E-state index contributed by atoms with van der Waals surface area (Å²) in [5, 5.41) is 22.2. The zero-order chi connectivity index (χ0) is 28.1. The van der Waals surface area contributed by atoms with E-state index in [2.05, 4.69) is 17.8 Å². The Hall–Kier alpha value is -2.53. The summed E-state index contributed by atoms with van der Waals surface area (Å²) < 4.78 is 12.0. The van der Waals surface area contributed by atoms with E-state index in [9.17, 15) is 19.8 Å². The van der Waals surface area contributed by atoms with Crippen LogP contribution in [0.2, 0.25) is 0 Å². The molecule has 2 aliphatic heterocycles. The second-order valence-electron chi connectivity index (χ2n) is 11.8. The van der Waals surface area contributed by atoms with Gasteiger partial charge in [-0.1, -0.05) is 33.3 Å². The fourth-order valence-corrected chi connectivity index (χ4v) is 5.42. The lowest BCUT2D eigenvalue weighted by atomic mass is 9.71. The van der Waals surface area contributed by atoms with Crippen molar-refractivity contribution in [2.75, 3.05) is 0 Å². The van der Waals surface area contributed by atoms with Gasteiger partial charge in [-0.3, -0.25) is 14.6 Å². The monoisotopic (exact) mass is 525 g/mol. The molecule has 7 atom stereocenters. The lowest BCUT2D eigenvalue weighted by molar-refractivity contribution is -0.154. The molecule has 0 amide bonds. The van der Waals surface area contributed by atoms with Gasteiger partial charge in [-0.25, -0.2) is 0 Å². The first-order chi connectivity index (χ1) is 17.9. The second kappa shape index (κ2) is 12.5. The first-order valence-electron chi connectivity index (χ1n) is 13.7. The summed E-state index contributed by atoms with van der Waals surface area (Å²) in [5.41, 5.74) is -0.0302. The summed E-state index contributed by atoms with van der Waals surface area (Å²) >= 11 is 0. The predicted molar refractivity (Wildman–Crippen MR) is 146 cm³/mol. The predicted octanol–water partition coefficient (Wildman–Crippen LogP) is 4.50. The minimum absolute atomic E-state index is 0.0770. The number of hydrogen-bond acceptors (Lipinski definition) is 7. The van der Waals surface area contributed by atoms with E-state index in [-0.39, 0.29) is 29.8 Å². The standard InChI is InChI=1S/C31H43NO6/c1-7-8-14-23-28(35)20(2)12-11-15-31(6)26(38-31)18-24(21(3)17-22-13-9-10-16-32-22)37-27(34)19-25(33)30(4,5)29(23)36/h1,9-10,13,16-17,20,23-26,28,33,35H,8,11-12,14-15,18-19H2,2-6H3/b21-17+/t20-,23+,24-,25-,26?,28-,31?/m0/s1. The van der Waals surface area contributed by atoms with Crippen molar-refractivity contribution in [3.8, 4) is 12.3 Å². The zero-order valence-corrected chi connectivity index (χ0v) is 23.4. The molecule has 7 heteroatoms. The fraction of sp³-hybridized carbons (Fsp3) is 0.645. The van der Waals surface area contributed by atoms with Gasteiger partial charge in [0.2, 0.25) is 0 Å². The number of ether oxygens (including phenoxy) is 2. The van der Waals surface area contributed by atoms with Crippen LogP contribution in [0, 0.1) is 29.6 Å². The molecular formula is C31H43NO6. The maximum absolute atomic E-state index is 13.6. The molecule has 1 aromatic heterocycles. The Morgan fingerprint density at radius 2 is 2.00 bits per heavy atom. The highest BCUT2D eigenvalue weighted by Gasteiger charge is 2.53. The average molecular weight is 526 g/mol. The summed E-state index contributed by atoms with van der Waals surface area (Å²) in [5.74, 6) is 0.806. The maximum Gasteiger partial charge on any atom is 0.309 e. The number of carbonyl (C=O) groups is 2. The van der Waals surface area contributed by atoms with E-state index in [1.165, 1.54) is 0 Å². The molecule has 2 N–H and O–H groups in total. The third-order valence-corrected chi connectivity index (χ3v) is 8.40. The first-order valence-corrected chi connectivity index (χ1v) is 13.7. The van der Waals surface area contributed by atoms with Crippen molar-refractivity contribution in [3.63, 3.8) is 0 Å². The Labute approximate surface area is 227 Å². The highest BCUT2D eigenvalue weighted by atomic mass is 16.6. The molecule has 7 nitrogen and oxygen atoms in total. The van der Waals surface area contributed by atoms with E-state index >= 15 is 0 Å². The van der Waals surface area contributed by atoms with Gasteiger partial charge in [-0.15, -0.1) is 12.3 Å². The number of aliphatic hydroxyl groups is 2. The van der Waals surface area contributed by atoms with Crippen LogP contribution in [-0.2, 0) is 19.1 Å². The van der Waals surface area contributed by atoms with Crippen molar-refractivity contribution in [1.29, 1.82) is 0 Å². The van der Waals surface area contributed by atoms with Crippen LogP contribution < -0.4 is 0 Å². The van der Waals surface area contributed by atoms with E-state index in [1.807, 2.05) is 38.1 Å². The van der Waals surface area contributed by atoms with Crippen LogP contribution in [0.5, 0.6) is 0 Å². The fourth-order valence-electron chi connectivity index (χ4n) is 5.42. The van der Waals surface area contributed by atoms with Crippen LogP contribution in [0.25, 0.3) is 6.08 Å². The van der Waals surface area contributed by atoms with Crippen molar-refractivity contribution in [2.24, 2.45) is 17.3 Å². The number of hydrogen-bond donors (Lipinski definition) is 2. The molecule has 0 radical (unpaired) electrons. The number of Topliss-reactive ketones (excluding diaryl/α,β-unsaturated/α-hetero) is 1. The molecule has 0 bridgehead atoms. The molecule has 0 aliphatic carbocycles. The van der Waals surface area contributed by atoms with Gasteiger partial charge in [-0.2, -0.15) is 0 Å². The average Bonchev–Trinajstić information content (AvgIpc) is 3.51. The van der Waals surface area contributed by atoms with Gasteiger partial charge in [0.25, 0.3) is 0 Å². The number of pyridine rings is 1. The first kappa shape index (κ1) is 30.0. The number of fused-ring (bicyclic) bond motifs is 1. The molecular weight excluding hydrogens is 482 g/mol. The van der Waals surface area contributed by atoms with Crippen LogP contribution >= 0.6 is 0 Å². The molecule has 2 fully saturated rings. The minimum atomic E-state index is -1.28. The molecule has 3 rings (SSSR count). The Balaban J connectivity index is 1.89. The lowest BCUT2D eigenvalue weighted by Crippen LogP contribution is -2.46. The van der Waals surface area contributed by atoms with Crippen molar-refractivity contribution in [2.45, 2.75) is 110 Å². The van der Waals surface area contributed by atoms with Crippen LogP contribution in [0.15, 0.2) is 30.0 Å². The molecule has 0 aromatic carbocycles. The third-order valence-electron chi connectivity index (χ3n) is 8.40. The highest BCUT2D eigenvalue weighted by Crippen LogP contribution is 2.45. The van der Waals surface area contributed by atoms with E-state index in [0.29, 0.717) is 19.3 Å². The van der Waals surface area contributed by atoms with E-state index < -0.39 is 35.6 Å². The quantitative estimate of drug-likeness (QED) is 0.338. The SMILES string of the molecule is C#CCC[C@H]1C(=O)C(C)(C)[C@@H](O)CC(=O)O[C@H](/C(C)=C/c2ccccn2)CC2OC2(C)CCC[C@H](C)[C@@H]1O. The molecule has 2 saturated heterocycles. The smallest absolute Gasteiger partial charge is 0.309 e. The van der Waals surface area contributed by atoms with Crippen molar-refractivity contribution >= 4 is 17.8 Å². The molecule has 0 saturated carbocycles. The number of nitrogens with zero attached hydrogens (tertiary/aromatic N) is 1.